The molecule has 166 valence electrons. The van der Waals surface area contributed by atoms with Crippen LogP contribution in [0.1, 0.15) is 18.5 Å². The van der Waals surface area contributed by atoms with Crippen LogP contribution in [0.15, 0.2) is 60.2 Å². The number of aromatic nitrogens is 5. The highest BCUT2D eigenvalue weighted by molar-refractivity contribution is 5.81. The number of halogens is 2. The van der Waals surface area contributed by atoms with Crippen molar-refractivity contribution >= 4 is 16.6 Å². The monoisotopic (exact) mass is 440 g/mol. The zero-order valence-electron chi connectivity index (χ0n) is 17.8. The minimum absolute atomic E-state index is 0.170. The van der Waals surface area contributed by atoms with E-state index in [4.69, 9.17) is 0 Å². The summed E-state index contributed by atoms with van der Waals surface area (Å²) in [5, 5.41) is 16.1. The van der Waals surface area contributed by atoms with Gasteiger partial charge in [0.05, 0.1) is 29.8 Å². The van der Waals surface area contributed by atoms with E-state index >= 15 is 0 Å². The van der Waals surface area contributed by atoms with Crippen LogP contribution in [0.4, 0.5) is 14.5 Å². The Balaban J connectivity index is 1.86. The van der Waals surface area contributed by atoms with Crippen molar-refractivity contribution in [3.8, 4) is 0 Å². The zero-order chi connectivity index (χ0) is 23.0. The van der Waals surface area contributed by atoms with E-state index in [9.17, 15) is 18.7 Å². The molecule has 0 aliphatic heterocycles. The van der Waals surface area contributed by atoms with Crippen LogP contribution in [0.5, 0.6) is 0 Å². The van der Waals surface area contributed by atoms with E-state index in [1.54, 1.807) is 25.1 Å². The molecule has 0 amide bonds. The first-order chi connectivity index (χ1) is 15.2. The van der Waals surface area contributed by atoms with Crippen molar-refractivity contribution in [2.45, 2.75) is 25.1 Å². The average molecular weight is 440 g/mol. The van der Waals surface area contributed by atoms with Gasteiger partial charge < -0.3 is 10.0 Å². The minimum atomic E-state index is -1.96. The van der Waals surface area contributed by atoms with Gasteiger partial charge in [-0.25, -0.2) is 23.4 Å². The predicted molar refractivity (Wildman–Crippen MR) is 115 cm³/mol. The van der Waals surface area contributed by atoms with Gasteiger partial charge in [-0.1, -0.05) is 6.07 Å². The normalized spacial score (nSPS) is 14.3. The summed E-state index contributed by atoms with van der Waals surface area (Å²) in [6.07, 6.45) is 3.96. The Labute approximate surface area is 182 Å². The Kier molecular flexibility index (Phi) is 5.47. The number of hydrogen-bond donors (Lipinski definition) is 1. The number of rotatable bonds is 6. The summed E-state index contributed by atoms with van der Waals surface area (Å²) in [4.78, 5) is 23.4. The highest BCUT2D eigenvalue weighted by atomic mass is 19.1. The molecule has 0 saturated carbocycles. The van der Waals surface area contributed by atoms with Crippen molar-refractivity contribution in [1.82, 2.24) is 24.3 Å². The first-order valence-corrected chi connectivity index (χ1v) is 9.89. The van der Waals surface area contributed by atoms with Gasteiger partial charge in [0.2, 0.25) is 0 Å². The topological polar surface area (TPSA) is 89.1 Å². The highest BCUT2D eigenvalue weighted by Gasteiger charge is 2.41. The molecule has 4 aromatic rings. The van der Waals surface area contributed by atoms with Crippen LogP contribution in [0.25, 0.3) is 10.9 Å². The van der Waals surface area contributed by atoms with Gasteiger partial charge in [-0.3, -0.25) is 9.36 Å². The standard InChI is InChI=1S/C22H22F2N6O2/c1-14(30-13-26-20-9-16(28(2)3)5-6-17(20)21(30)31)22(32,10-29-12-25-11-27-29)18-7-4-15(23)8-19(18)24/h4-9,11-14,32H,10H2,1-3H3/t14-,22-/m1/s1. The van der Waals surface area contributed by atoms with Crippen molar-refractivity contribution in [2.24, 2.45) is 0 Å². The molecule has 2 aromatic carbocycles. The van der Waals surface area contributed by atoms with Gasteiger partial charge in [0.1, 0.15) is 29.9 Å². The lowest BCUT2D eigenvalue weighted by Crippen LogP contribution is -2.43. The quantitative estimate of drug-likeness (QED) is 0.496. The molecule has 4 rings (SSSR count). The lowest BCUT2D eigenvalue weighted by atomic mass is 9.86. The maximum atomic E-state index is 14.8. The summed E-state index contributed by atoms with van der Waals surface area (Å²) in [6, 6.07) is 7.18. The Bertz CT molecular complexity index is 1320. The molecule has 0 saturated heterocycles. The van der Waals surface area contributed by atoms with Gasteiger partial charge in [-0.2, -0.15) is 5.10 Å². The summed E-state index contributed by atoms with van der Waals surface area (Å²) in [7, 11) is 3.76. The number of fused-ring (bicyclic) bond motifs is 1. The van der Waals surface area contributed by atoms with Gasteiger partial charge in [0.15, 0.2) is 0 Å². The second-order valence-corrected chi connectivity index (χ2v) is 7.87. The van der Waals surface area contributed by atoms with Crippen molar-refractivity contribution in [3.63, 3.8) is 0 Å². The molecule has 0 aliphatic carbocycles. The molecule has 0 unspecified atom stereocenters. The fourth-order valence-corrected chi connectivity index (χ4v) is 3.75. The largest absolute Gasteiger partial charge is 0.381 e. The van der Waals surface area contributed by atoms with Crippen LogP contribution >= 0.6 is 0 Å². The molecule has 0 radical (unpaired) electrons. The maximum absolute atomic E-state index is 14.8. The number of aliphatic hydroxyl groups is 1. The first-order valence-electron chi connectivity index (χ1n) is 9.89. The number of hydrogen-bond acceptors (Lipinski definition) is 6. The third-order valence-corrected chi connectivity index (χ3v) is 5.66. The van der Waals surface area contributed by atoms with Gasteiger partial charge >= 0.3 is 0 Å². The van der Waals surface area contributed by atoms with E-state index in [1.165, 1.54) is 34.3 Å². The van der Waals surface area contributed by atoms with Crippen LogP contribution in [0.2, 0.25) is 0 Å². The summed E-state index contributed by atoms with van der Waals surface area (Å²) in [6.45, 7) is 1.35. The molecule has 2 heterocycles. The fraction of sp³-hybridized carbons (Fsp3) is 0.273. The predicted octanol–water partition coefficient (Wildman–Crippen LogP) is 2.48. The van der Waals surface area contributed by atoms with E-state index in [-0.39, 0.29) is 12.1 Å². The molecular weight excluding hydrogens is 418 g/mol. The number of nitrogens with zero attached hydrogens (tertiary/aromatic N) is 6. The molecule has 0 bridgehead atoms. The lowest BCUT2D eigenvalue weighted by molar-refractivity contribution is -0.0343. The molecule has 0 fully saturated rings. The van der Waals surface area contributed by atoms with Crippen molar-refractivity contribution in [2.75, 3.05) is 19.0 Å². The molecular formula is C22H22F2N6O2. The van der Waals surface area contributed by atoms with Gasteiger partial charge in [-0.15, -0.1) is 0 Å². The number of anilines is 1. The van der Waals surface area contributed by atoms with Gasteiger partial charge in [0, 0.05) is 31.4 Å². The second-order valence-electron chi connectivity index (χ2n) is 7.87. The number of benzene rings is 2. The smallest absolute Gasteiger partial charge is 0.261 e. The highest BCUT2D eigenvalue weighted by Crippen LogP contribution is 2.36. The zero-order valence-corrected chi connectivity index (χ0v) is 17.8. The Morgan fingerprint density at radius 3 is 2.59 bits per heavy atom. The van der Waals surface area contributed by atoms with Crippen LogP contribution in [-0.2, 0) is 12.1 Å². The van der Waals surface area contributed by atoms with E-state index in [1.807, 2.05) is 19.0 Å². The molecule has 10 heteroatoms. The van der Waals surface area contributed by atoms with Crippen LogP contribution in [-0.4, -0.2) is 43.5 Å². The van der Waals surface area contributed by atoms with Gasteiger partial charge in [-0.05, 0) is 31.2 Å². The van der Waals surface area contributed by atoms with Crippen LogP contribution in [0, 0.1) is 11.6 Å². The Hall–Kier alpha value is -3.66. The fourth-order valence-electron chi connectivity index (χ4n) is 3.75. The SMILES string of the molecule is C[C@@H](n1cnc2cc(N(C)C)ccc2c1=O)[C@](O)(Cn1cncn1)c1ccc(F)cc1F. The molecule has 8 nitrogen and oxygen atoms in total. The second kappa shape index (κ2) is 8.12. The summed E-state index contributed by atoms with van der Waals surface area (Å²) < 4.78 is 30.9. The first kappa shape index (κ1) is 21.6. The molecule has 2 atom stereocenters. The summed E-state index contributed by atoms with van der Waals surface area (Å²) >= 11 is 0. The van der Waals surface area contributed by atoms with Crippen LogP contribution in [0.3, 0.4) is 0 Å². The van der Waals surface area contributed by atoms with E-state index in [0.717, 1.165) is 11.8 Å². The van der Waals surface area contributed by atoms with Crippen molar-refractivity contribution < 1.29 is 13.9 Å². The molecule has 1 N–H and O–H groups in total. The lowest BCUT2D eigenvalue weighted by Gasteiger charge is -2.35. The Morgan fingerprint density at radius 2 is 1.94 bits per heavy atom. The van der Waals surface area contributed by atoms with E-state index < -0.39 is 28.8 Å². The molecule has 2 aromatic heterocycles. The van der Waals surface area contributed by atoms with Crippen molar-refractivity contribution in [1.29, 1.82) is 0 Å². The van der Waals surface area contributed by atoms with Crippen LogP contribution < -0.4 is 10.5 Å². The summed E-state index contributed by atoms with van der Waals surface area (Å²) in [5.41, 5.74) is -1.15. The molecule has 0 spiro atoms. The van der Waals surface area contributed by atoms with E-state index in [2.05, 4.69) is 15.1 Å². The van der Waals surface area contributed by atoms with E-state index in [0.29, 0.717) is 17.0 Å². The average Bonchev–Trinajstić information content (AvgIpc) is 3.25. The van der Waals surface area contributed by atoms with Crippen molar-refractivity contribution in [3.05, 3.63) is 82.9 Å². The third kappa shape index (κ3) is 3.73. The molecule has 0 aliphatic rings. The molecule has 32 heavy (non-hydrogen) atoms. The maximum Gasteiger partial charge on any atom is 0.261 e. The third-order valence-electron chi connectivity index (χ3n) is 5.66. The minimum Gasteiger partial charge on any atom is -0.381 e. The Morgan fingerprint density at radius 1 is 1.16 bits per heavy atom. The summed E-state index contributed by atoms with van der Waals surface area (Å²) in [5.74, 6) is -1.71. The van der Waals surface area contributed by atoms with Gasteiger partial charge in [0.25, 0.3) is 5.56 Å².